The molecule has 4 rings (SSSR count). The van der Waals surface area contributed by atoms with E-state index in [0.717, 1.165) is 62.8 Å². The minimum atomic E-state index is -0.150. The number of rotatable bonds is 4. The van der Waals surface area contributed by atoms with E-state index in [4.69, 9.17) is 0 Å². The molecule has 1 amide bonds. The molecule has 2 aliphatic heterocycles. The van der Waals surface area contributed by atoms with Crippen molar-refractivity contribution in [3.63, 3.8) is 0 Å². The Labute approximate surface area is 169 Å². The molecule has 1 aromatic heterocycles. The summed E-state index contributed by atoms with van der Waals surface area (Å²) < 4.78 is 14.0. The molecule has 2 saturated heterocycles. The molecule has 1 aromatic carbocycles. The van der Waals surface area contributed by atoms with Crippen molar-refractivity contribution in [3.8, 4) is 0 Å². The number of aromatic nitrogens is 1. The minimum Gasteiger partial charge on any atom is -0.367 e. The number of piperidine rings is 1. The third kappa shape index (κ3) is 4.36. The number of carbonyl (C=O) groups is 1. The van der Waals surface area contributed by atoms with Gasteiger partial charge < -0.3 is 9.80 Å². The minimum absolute atomic E-state index is 0.150. The van der Waals surface area contributed by atoms with E-state index in [1.807, 2.05) is 29.3 Å². The lowest BCUT2D eigenvalue weighted by Crippen LogP contribution is -2.56. The van der Waals surface area contributed by atoms with Gasteiger partial charge in [0.05, 0.1) is 22.8 Å². The number of halogens is 1. The van der Waals surface area contributed by atoms with Crippen molar-refractivity contribution in [1.29, 1.82) is 0 Å². The van der Waals surface area contributed by atoms with E-state index in [2.05, 4.69) is 14.8 Å². The zero-order chi connectivity index (χ0) is 19.5. The molecule has 3 heterocycles. The summed E-state index contributed by atoms with van der Waals surface area (Å²) in [7, 11) is 0. The molecule has 2 aromatic rings. The van der Waals surface area contributed by atoms with Crippen LogP contribution in [0, 0.1) is 12.7 Å². The summed E-state index contributed by atoms with van der Waals surface area (Å²) >= 11 is 1.59. The van der Waals surface area contributed by atoms with Crippen molar-refractivity contribution in [2.75, 3.05) is 44.2 Å². The number of anilines is 1. The average Bonchev–Trinajstić information content (AvgIpc) is 3.13. The summed E-state index contributed by atoms with van der Waals surface area (Å²) in [5, 5.41) is 2.99. The van der Waals surface area contributed by atoms with Gasteiger partial charge in [-0.05, 0) is 31.9 Å². The van der Waals surface area contributed by atoms with Crippen LogP contribution < -0.4 is 4.90 Å². The molecular weight excluding hydrogens is 375 g/mol. The maximum atomic E-state index is 14.0. The predicted molar refractivity (Wildman–Crippen MR) is 110 cm³/mol. The topological polar surface area (TPSA) is 39.7 Å². The Kier molecular flexibility index (Phi) is 5.92. The van der Waals surface area contributed by atoms with Crippen LogP contribution in [0.4, 0.5) is 10.1 Å². The fourth-order valence-corrected chi connectivity index (χ4v) is 4.88. The summed E-state index contributed by atoms with van der Waals surface area (Å²) in [5.41, 5.74) is 1.58. The predicted octanol–water partition coefficient (Wildman–Crippen LogP) is 2.95. The molecule has 28 heavy (non-hydrogen) atoms. The molecule has 0 N–H and O–H groups in total. The van der Waals surface area contributed by atoms with Gasteiger partial charge in [0.1, 0.15) is 5.82 Å². The first-order valence-corrected chi connectivity index (χ1v) is 10.9. The van der Waals surface area contributed by atoms with Crippen LogP contribution in [-0.2, 0) is 11.2 Å². The second-order valence-corrected chi connectivity index (χ2v) is 8.71. The highest BCUT2D eigenvalue weighted by Gasteiger charge is 2.30. The number of hydrogen-bond donors (Lipinski definition) is 0. The first-order valence-electron chi connectivity index (χ1n) is 10.0. The SMILES string of the molecule is Cc1nc(CC(=O)N2CCCC(N3CCN(c4ccccc4F)CC3)C2)cs1. The highest BCUT2D eigenvalue weighted by molar-refractivity contribution is 7.09. The fraction of sp³-hybridized carbons (Fsp3) is 0.524. The van der Waals surface area contributed by atoms with Crippen LogP contribution in [0.5, 0.6) is 0 Å². The van der Waals surface area contributed by atoms with E-state index in [1.54, 1.807) is 17.4 Å². The van der Waals surface area contributed by atoms with Crippen LogP contribution in [0.25, 0.3) is 0 Å². The lowest BCUT2D eigenvalue weighted by molar-refractivity contribution is -0.132. The van der Waals surface area contributed by atoms with Crippen molar-refractivity contribution >= 4 is 22.9 Å². The smallest absolute Gasteiger partial charge is 0.228 e. The zero-order valence-corrected chi connectivity index (χ0v) is 17.1. The molecule has 2 aliphatic rings. The number of amides is 1. The van der Waals surface area contributed by atoms with Crippen LogP contribution >= 0.6 is 11.3 Å². The largest absolute Gasteiger partial charge is 0.367 e. The van der Waals surface area contributed by atoms with E-state index in [9.17, 15) is 9.18 Å². The van der Waals surface area contributed by atoms with E-state index in [1.165, 1.54) is 6.07 Å². The van der Waals surface area contributed by atoms with Crippen molar-refractivity contribution < 1.29 is 9.18 Å². The molecule has 5 nitrogen and oxygen atoms in total. The molecule has 0 bridgehead atoms. The standard InChI is InChI=1S/C21H27FN4OS/c1-16-23-17(15-28-16)13-21(27)26-8-4-5-18(14-26)24-9-11-25(12-10-24)20-7-3-2-6-19(20)22/h2-3,6-7,15,18H,4-5,8-14H2,1H3. The quantitative estimate of drug-likeness (QED) is 0.788. The third-order valence-electron chi connectivity index (χ3n) is 5.77. The lowest BCUT2D eigenvalue weighted by atomic mass is 10.0. The summed E-state index contributed by atoms with van der Waals surface area (Å²) in [6.07, 6.45) is 2.57. The van der Waals surface area contributed by atoms with Crippen LogP contribution in [0.1, 0.15) is 23.5 Å². The number of piperazine rings is 1. The number of nitrogens with zero attached hydrogens (tertiary/aromatic N) is 4. The van der Waals surface area contributed by atoms with E-state index >= 15 is 0 Å². The first kappa shape index (κ1) is 19.3. The average molecular weight is 403 g/mol. The highest BCUT2D eigenvalue weighted by atomic mass is 32.1. The number of carbonyl (C=O) groups excluding carboxylic acids is 1. The van der Waals surface area contributed by atoms with Crippen LogP contribution in [-0.4, -0.2) is 66.0 Å². The van der Waals surface area contributed by atoms with Crippen LogP contribution in [0.3, 0.4) is 0 Å². The number of hydrogen-bond acceptors (Lipinski definition) is 5. The van der Waals surface area contributed by atoms with Crippen molar-refractivity contribution in [2.45, 2.75) is 32.2 Å². The highest BCUT2D eigenvalue weighted by Crippen LogP contribution is 2.23. The number of likely N-dealkylation sites (tertiary alicyclic amines) is 1. The Balaban J connectivity index is 1.31. The Morgan fingerprint density at radius 3 is 2.71 bits per heavy atom. The Morgan fingerprint density at radius 2 is 2.00 bits per heavy atom. The number of para-hydroxylation sites is 1. The van der Waals surface area contributed by atoms with E-state index in [-0.39, 0.29) is 11.7 Å². The Bertz CT molecular complexity index is 818. The van der Waals surface area contributed by atoms with Gasteiger partial charge in [-0.25, -0.2) is 9.37 Å². The molecule has 1 atom stereocenters. The molecule has 0 spiro atoms. The molecule has 0 radical (unpaired) electrons. The molecule has 150 valence electrons. The van der Waals surface area contributed by atoms with Gasteiger partial charge in [0, 0.05) is 50.7 Å². The van der Waals surface area contributed by atoms with Gasteiger partial charge in [0.15, 0.2) is 0 Å². The molecule has 7 heteroatoms. The Hall–Kier alpha value is -1.99. The molecular formula is C21H27FN4OS. The van der Waals surface area contributed by atoms with Crippen molar-refractivity contribution in [1.82, 2.24) is 14.8 Å². The molecule has 0 aliphatic carbocycles. The van der Waals surface area contributed by atoms with Crippen LogP contribution in [0.15, 0.2) is 29.6 Å². The molecule has 0 saturated carbocycles. The summed E-state index contributed by atoms with van der Waals surface area (Å²) in [4.78, 5) is 23.7. The summed E-state index contributed by atoms with van der Waals surface area (Å²) in [5.74, 6) is 0.0302. The van der Waals surface area contributed by atoms with Gasteiger partial charge in [0.25, 0.3) is 0 Å². The monoisotopic (exact) mass is 402 g/mol. The van der Waals surface area contributed by atoms with Gasteiger partial charge in [0.2, 0.25) is 5.91 Å². The zero-order valence-electron chi connectivity index (χ0n) is 16.3. The summed E-state index contributed by atoms with van der Waals surface area (Å²) in [6, 6.07) is 7.40. The normalized spacial score (nSPS) is 21.1. The summed E-state index contributed by atoms with van der Waals surface area (Å²) in [6.45, 7) is 7.07. The van der Waals surface area contributed by atoms with Gasteiger partial charge in [-0.1, -0.05) is 12.1 Å². The maximum Gasteiger partial charge on any atom is 0.228 e. The Morgan fingerprint density at radius 1 is 1.21 bits per heavy atom. The molecule has 2 fully saturated rings. The maximum absolute atomic E-state index is 14.0. The van der Waals surface area contributed by atoms with Gasteiger partial charge in [-0.3, -0.25) is 9.69 Å². The molecule has 1 unspecified atom stereocenters. The first-order chi connectivity index (χ1) is 13.6. The van der Waals surface area contributed by atoms with Gasteiger partial charge >= 0.3 is 0 Å². The van der Waals surface area contributed by atoms with Crippen molar-refractivity contribution in [3.05, 3.63) is 46.2 Å². The second kappa shape index (κ2) is 8.57. The number of aryl methyl sites for hydroxylation is 1. The van der Waals surface area contributed by atoms with E-state index in [0.29, 0.717) is 18.2 Å². The fourth-order valence-electron chi connectivity index (χ4n) is 4.27. The third-order valence-corrected chi connectivity index (χ3v) is 6.59. The van der Waals surface area contributed by atoms with Gasteiger partial charge in [-0.2, -0.15) is 0 Å². The van der Waals surface area contributed by atoms with Crippen LogP contribution in [0.2, 0.25) is 0 Å². The second-order valence-electron chi connectivity index (χ2n) is 7.64. The number of benzene rings is 1. The van der Waals surface area contributed by atoms with Crippen molar-refractivity contribution in [2.24, 2.45) is 0 Å². The number of thiazole rings is 1. The van der Waals surface area contributed by atoms with Gasteiger partial charge in [-0.15, -0.1) is 11.3 Å². The lowest BCUT2D eigenvalue weighted by Gasteiger charge is -2.44. The van der Waals surface area contributed by atoms with E-state index < -0.39 is 0 Å².